The Kier molecular flexibility index (Phi) is 4.77. The molecule has 21 heavy (non-hydrogen) atoms. The summed E-state index contributed by atoms with van der Waals surface area (Å²) in [6.45, 7) is 1.94. The SMILES string of the molecule is COc1ccc(SCCNC2CCc3ncnn3C2)cc1. The molecule has 0 fully saturated rings. The van der Waals surface area contributed by atoms with Crippen molar-refractivity contribution in [1.29, 1.82) is 0 Å². The second kappa shape index (κ2) is 6.95. The van der Waals surface area contributed by atoms with Crippen LogP contribution >= 0.6 is 11.8 Å². The largest absolute Gasteiger partial charge is 0.497 e. The van der Waals surface area contributed by atoms with Gasteiger partial charge in [0.15, 0.2) is 0 Å². The van der Waals surface area contributed by atoms with E-state index in [0.717, 1.165) is 43.3 Å². The van der Waals surface area contributed by atoms with Crippen LogP contribution in [0.15, 0.2) is 35.5 Å². The number of nitrogens with one attached hydrogen (secondary N) is 1. The van der Waals surface area contributed by atoms with Gasteiger partial charge in [0.2, 0.25) is 0 Å². The molecular weight excluding hydrogens is 284 g/mol. The van der Waals surface area contributed by atoms with E-state index in [-0.39, 0.29) is 0 Å². The summed E-state index contributed by atoms with van der Waals surface area (Å²) in [6.07, 6.45) is 3.81. The Hall–Kier alpha value is -1.53. The van der Waals surface area contributed by atoms with Crippen molar-refractivity contribution in [3.8, 4) is 5.75 Å². The summed E-state index contributed by atoms with van der Waals surface area (Å²) in [5, 5.41) is 7.86. The van der Waals surface area contributed by atoms with Crippen LogP contribution < -0.4 is 10.1 Å². The fraction of sp³-hybridized carbons (Fsp3) is 0.467. The molecule has 1 aliphatic rings. The third kappa shape index (κ3) is 3.77. The number of aryl methyl sites for hydroxylation is 1. The van der Waals surface area contributed by atoms with Crippen molar-refractivity contribution in [3.63, 3.8) is 0 Å². The molecule has 1 aromatic carbocycles. The highest BCUT2D eigenvalue weighted by Crippen LogP contribution is 2.21. The van der Waals surface area contributed by atoms with E-state index < -0.39 is 0 Å². The maximum atomic E-state index is 5.16. The van der Waals surface area contributed by atoms with Crippen LogP contribution in [0.5, 0.6) is 5.75 Å². The maximum absolute atomic E-state index is 5.16. The molecule has 6 heteroatoms. The molecule has 0 aliphatic carbocycles. The highest BCUT2D eigenvalue weighted by molar-refractivity contribution is 7.99. The lowest BCUT2D eigenvalue weighted by Gasteiger charge is -2.23. The summed E-state index contributed by atoms with van der Waals surface area (Å²) in [5.74, 6) is 3.08. The number of aromatic nitrogens is 3. The number of nitrogens with zero attached hydrogens (tertiary/aromatic N) is 3. The van der Waals surface area contributed by atoms with Crippen LogP contribution in [0.4, 0.5) is 0 Å². The minimum absolute atomic E-state index is 0.510. The number of benzene rings is 1. The zero-order chi connectivity index (χ0) is 14.5. The molecule has 1 atom stereocenters. The van der Waals surface area contributed by atoms with Gasteiger partial charge in [0.1, 0.15) is 17.9 Å². The highest BCUT2D eigenvalue weighted by Gasteiger charge is 2.18. The predicted molar refractivity (Wildman–Crippen MR) is 83.9 cm³/mol. The standard InChI is InChI=1S/C15H20N4OS/c1-20-13-3-5-14(6-4-13)21-9-8-16-12-2-7-15-17-11-18-19(15)10-12/h3-6,11-12,16H,2,7-10H2,1H3. The first-order chi connectivity index (χ1) is 10.3. The van der Waals surface area contributed by atoms with Gasteiger partial charge in [-0.25, -0.2) is 9.67 Å². The molecule has 0 bridgehead atoms. The van der Waals surface area contributed by atoms with Crippen molar-refractivity contribution in [2.75, 3.05) is 19.4 Å². The van der Waals surface area contributed by atoms with E-state index in [0.29, 0.717) is 6.04 Å². The van der Waals surface area contributed by atoms with E-state index in [1.165, 1.54) is 4.90 Å². The second-order valence-corrected chi connectivity index (χ2v) is 6.24. The van der Waals surface area contributed by atoms with E-state index in [2.05, 4.69) is 27.5 Å². The first-order valence-electron chi connectivity index (χ1n) is 7.22. The quantitative estimate of drug-likeness (QED) is 0.653. The Balaban J connectivity index is 1.38. The number of hydrogen-bond acceptors (Lipinski definition) is 5. The number of thioether (sulfide) groups is 1. The third-order valence-corrected chi connectivity index (χ3v) is 4.68. The Bertz CT molecular complexity index is 569. The first kappa shape index (κ1) is 14.4. The zero-order valence-electron chi connectivity index (χ0n) is 12.2. The normalized spacial score (nSPS) is 17.5. The molecule has 2 heterocycles. The number of rotatable bonds is 6. The number of hydrogen-bond donors (Lipinski definition) is 1. The number of fused-ring (bicyclic) bond motifs is 1. The van der Waals surface area contributed by atoms with Crippen LogP contribution in [0.1, 0.15) is 12.2 Å². The van der Waals surface area contributed by atoms with Crippen molar-refractivity contribution in [2.24, 2.45) is 0 Å². The first-order valence-corrected chi connectivity index (χ1v) is 8.20. The molecule has 112 valence electrons. The summed E-state index contributed by atoms with van der Waals surface area (Å²) in [7, 11) is 1.69. The molecule has 0 saturated heterocycles. The Labute approximate surface area is 129 Å². The van der Waals surface area contributed by atoms with Gasteiger partial charge in [-0.1, -0.05) is 0 Å². The molecule has 3 rings (SSSR count). The van der Waals surface area contributed by atoms with Gasteiger partial charge in [-0.3, -0.25) is 0 Å². The van der Waals surface area contributed by atoms with Gasteiger partial charge in [0, 0.05) is 29.7 Å². The molecule has 5 nitrogen and oxygen atoms in total. The average Bonchev–Trinajstić information content (AvgIpc) is 3.00. The number of ether oxygens (including phenoxy) is 1. The molecule has 0 radical (unpaired) electrons. The van der Waals surface area contributed by atoms with Crippen molar-refractivity contribution in [2.45, 2.75) is 30.3 Å². The van der Waals surface area contributed by atoms with Crippen LogP contribution in [0, 0.1) is 0 Å². The van der Waals surface area contributed by atoms with E-state index in [1.807, 2.05) is 28.6 Å². The van der Waals surface area contributed by atoms with Crippen LogP contribution in [0.3, 0.4) is 0 Å². The van der Waals surface area contributed by atoms with Gasteiger partial charge in [0.25, 0.3) is 0 Å². The third-order valence-electron chi connectivity index (χ3n) is 3.67. The van der Waals surface area contributed by atoms with E-state index in [9.17, 15) is 0 Å². The summed E-state index contributed by atoms with van der Waals surface area (Å²) in [5.41, 5.74) is 0. The molecule has 0 spiro atoms. The fourth-order valence-electron chi connectivity index (χ4n) is 2.51. The lowest BCUT2D eigenvalue weighted by atomic mass is 10.1. The summed E-state index contributed by atoms with van der Waals surface area (Å²) in [4.78, 5) is 5.53. The number of methoxy groups -OCH3 is 1. The van der Waals surface area contributed by atoms with Gasteiger partial charge < -0.3 is 10.1 Å². The Morgan fingerprint density at radius 2 is 2.24 bits per heavy atom. The lowest BCUT2D eigenvalue weighted by molar-refractivity contribution is 0.366. The van der Waals surface area contributed by atoms with Gasteiger partial charge in [-0.15, -0.1) is 11.8 Å². The van der Waals surface area contributed by atoms with Crippen LogP contribution in [-0.2, 0) is 13.0 Å². The average molecular weight is 304 g/mol. The fourth-order valence-corrected chi connectivity index (χ4v) is 3.29. The predicted octanol–water partition coefficient (Wildman–Crippen LogP) is 1.98. The molecule has 0 amide bonds. The highest BCUT2D eigenvalue weighted by atomic mass is 32.2. The van der Waals surface area contributed by atoms with Gasteiger partial charge in [-0.2, -0.15) is 5.10 Å². The van der Waals surface area contributed by atoms with Crippen LogP contribution in [0.25, 0.3) is 0 Å². The Morgan fingerprint density at radius 1 is 1.38 bits per heavy atom. The molecule has 1 N–H and O–H groups in total. The summed E-state index contributed by atoms with van der Waals surface area (Å²) < 4.78 is 7.17. The maximum Gasteiger partial charge on any atom is 0.138 e. The van der Waals surface area contributed by atoms with E-state index in [4.69, 9.17) is 4.74 Å². The van der Waals surface area contributed by atoms with Crippen molar-refractivity contribution >= 4 is 11.8 Å². The summed E-state index contributed by atoms with van der Waals surface area (Å²) in [6, 6.07) is 8.72. The van der Waals surface area contributed by atoms with Gasteiger partial charge >= 0.3 is 0 Å². The minimum atomic E-state index is 0.510. The van der Waals surface area contributed by atoms with Gasteiger partial charge in [0.05, 0.1) is 13.7 Å². The monoisotopic (exact) mass is 304 g/mol. The second-order valence-electron chi connectivity index (χ2n) is 5.07. The molecule has 1 aromatic heterocycles. The van der Waals surface area contributed by atoms with E-state index in [1.54, 1.807) is 13.4 Å². The minimum Gasteiger partial charge on any atom is -0.497 e. The molecule has 1 unspecified atom stereocenters. The molecular formula is C15H20N4OS. The summed E-state index contributed by atoms with van der Waals surface area (Å²) >= 11 is 1.86. The van der Waals surface area contributed by atoms with Crippen molar-refractivity contribution in [3.05, 3.63) is 36.4 Å². The smallest absolute Gasteiger partial charge is 0.138 e. The molecule has 2 aromatic rings. The topological polar surface area (TPSA) is 52.0 Å². The Morgan fingerprint density at radius 3 is 3.05 bits per heavy atom. The lowest BCUT2D eigenvalue weighted by Crippen LogP contribution is -2.38. The van der Waals surface area contributed by atoms with Gasteiger partial charge in [-0.05, 0) is 30.7 Å². The zero-order valence-corrected chi connectivity index (χ0v) is 13.0. The van der Waals surface area contributed by atoms with Crippen LogP contribution in [0.2, 0.25) is 0 Å². The van der Waals surface area contributed by atoms with Crippen molar-refractivity contribution < 1.29 is 4.74 Å². The molecule has 1 aliphatic heterocycles. The van der Waals surface area contributed by atoms with E-state index >= 15 is 0 Å². The molecule has 0 saturated carbocycles. The van der Waals surface area contributed by atoms with Crippen LogP contribution in [-0.4, -0.2) is 40.2 Å². The van der Waals surface area contributed by atoms with Crippen molar-refractivity contribution in [1.82, 2.24) is 20.1 Å².